The summed E-state index contributed by atoms with van der Waals surface area (Å²) in [4.78, 5) is 78.7. The molecule has 0 unspecified atom stereocenters. The van der Waals surface area contributed by atoms with Crippen LogP contribution >= 0.6 is 0 Å². The predicted molar refractivity (Wildman–Crippen MR) is 381 cm³/mol. The van der Waals surface area contributed by atoms with Gasteiger partial charge in [-0.05, 0) is 206 Å². The summed E-state index contributed by atoms with van der Waals surface area (Å²) in [6.07, 6.45) is 1.66. The van der Waals surface area contributed by atoms with Gasteiger partial charge in [0.05, 0.1) is 27.8 Å². The van der Waals surface area contributed by atoms with Gasteiger partial charge < -0.3 is 24.8 Å². The fourth-order valence-electron chi connectivity index (χ4n) is 10.9. The Labute approximate surface area is 553 Å². The molecule has 0 heterocycles. The van der Waals surface area contributed by atoms with Crippen LogP contribution in [-0.2, 0) is 22.7 Å². The molecule has 14 rings (SSSR count). The summed E-state index contributed by atoms with van der Waals surface area (Å²) >= 11 is 0. The van der Waals surface area contributed by atoms with Crippen LogP contribution in [0.25, 0.3) is 75.4 Å². The van der Waals surface area contributed by atoms with E-state index < -0.39 is 23.9 Å². The van der Waals surface area contributed by atoms with Crippen LogP contribution in [0.1, 0.15) is 111 Å². The third-order valence-electron chi connectivity index (χ3n) is 16.1. The van der Waals surface area contributed by atoms with E-state index in [9.17, 15) is 33.6 Å². The van der Waals surface area contributed by atoms with E-state index in [-0.39, 0.29) is 35.9 Å². The summed E-state index contributed by atoms with van der Waals surface area (Å²) in [5, 5.41) is 41.0. The zero-order chi connectivity index (χ0) is 68.0. The standard InChI is InChI=1S/C24H16O5.C24H20O2.C12H8O4.C12H10O.C12H12/c25-13-15-1-3-20-12-22(8-6-17(20)9-15)24(28)29-14-16-2-4-19-11-21(23(26)27)7-5-18(19)10-16;1-16-3-6-21-13-18(5-8-19(21)11-16)15-26-24(25)23-10-9-20-12-17(2)4-7-22(20)14-23;13-11(14)9-3-1-7-5-10(12(15)16)4-2-8(7)6-9;1-9-2-4-12-7-10(8-13)3-5-11(12)6-9;1-9-3-5-12-8-10(2)4-6-11(12)7-9/h1-13H,14H2,(H,26,27);3-14H,15H2,1-2H3;1-6H,(H,13,14)(H,15,16);2-8H,1H3;3-8H,1-2H3. The van der Waals surface area contributed by atoms with E-state index in [1.54, 1.807) is 66.7 Å². The van der Waals surface area contributed by atoms with Gasteiger partial charge in [0.2, 0.25) is 0 Å². The number of carbonyl (C=O) groups excluding carboxylic acids is 4. The lowest BCUT2D eigenvalue weighted by Gasteiger charge is -2.08. The van der Waals surface area contributed by atoms with Crippen LogP contribution < -0.4 is 0 Å². The Morgan fingerprint density at radius 2 is 0.469 bits per heavy atom. The minimum Gasteiger partial charge on any atom is -0.478 e. The molecule has 0 aliphatic rings. The molecule has 0 radical (unpaired) electrons. The van der Waals surface area contributed by atoms with Crippen molar-refractivity contribution in [2.75, 3.05) is 0 Å². The monoisotopic (exact) mass is 1270 g/mol. The first-order valence-corrected chi connectivity index (χ1v) is 30.8. The first-order valence-electron chi connectivity index (χ1n) is 30.8. The van der Waals surface area contributed by atoms with Crippen LogP contribution in [0, 0.1) is 34.6 Å². The minimum atomic E-state index is -0.996. The molecule has 14 aromatic carbocycles. The largest absolute Gasteiger partial charge is 0.478 e. The number of aldehydes is 2. The van der Waals surface area contributed by atoms with Crippen LogP contribution in [0.15, 0.2) is 255 Å². The van der Waals surface area contributed by atoms with Crippen molar-refractivity contribution in [3.8, 4) is 0 Å². The van der Waals surface area contributed by atoms with Crippen molar-refractivity contribution in [1.82, 2.24) is 0 Å². The molecule has 0 fully saturated rings. The number of hydrogen-bond acceptors (Lipinski definition) is 9. The lowest BCUT2D eigenvalue weighted by Crippen LogP contribution is -2.05. The molecule has 0 aliphatic heterocycles. The number of benzene rings is 14. The second kappa shape index (κ2) is 30.4. The second-order valence-corrected chi connectivity index (χ2v) is 23.5. The molecule has 0 saturated carbocycles. The van der Waals surface area contributed by atoms with Gasteiger partial charge in [0.1, 0.15) is 25.8 Å². The number of carboxylic acid groups (broad SMARTS) is 3. The van der Waals surface area contributed by atoms with Gasteiger partial charge in [-0.1, -0.05) is 198 Å². The molecule has 3 N–H and O–H groups in total. The highest BCUT2D eigenvalue weighted by atomic mass is 16.5. The molecule has 474 valence electrons. The van der Waals surface area contributed by atoms with E-state index in [0.717, 1.165) is 72.4 Å². The maximum atomic E-state index is 12.4. The average molecular weight is 1270 g/mol. The van der Waals surface area contributed by atoms with E-state index in [1.807, 2.05) is 78.9 Å². The lowest BCUT2D eigenvalue weighted by atomic mass is 10.0. The Kier molecular flexibility index (Phi) is 21.0. The summed E-state index contributed by atoms with van der Waals surface area (Å²) in [7, 11) is 0. The lowest BCUT2D eigenvalue weighted by molar-refractivity contribution is 0.0464. The van der Waals surface area contributed by atoms with Crippen molar-refractivity contribution in [3.63, 3.8) is 0 Å². The fourth-order valence-corrected chi connectivity index (χ4v) is 10.9. The molecule has 0 atom stereocenters. The average Bonchev–Trinajstić information content (AvgIpc) is 1.10. The molecule has 12 nitrogen and oxygen atoms in total. The van der Waals surface area contributed by atoms with E-state index >= 15 is 0 Å². The fraction of sp³-hybridized carbons (Fsp3) is 0.0833. The number of carboxylic acids is 3. The third kappa shape index (κ3) is 17.2. The van der Waals surface area contributed by atoms with Crippen LogP contribution in [-0.4, -0.2) is 57.7 Å². The molecule has 0 spiro atoms. The number of hydrogen-bond donors (Lipinski definition) is 3. The molecular formula is C84H66O12. The Bertz CT molecular complexity index is 5240. The zero-order valence-corrected chi connectivity index (χ0v) is 53.3. The van der Waals surface area contributed by atoms with Crippen molar-refractivity contribution >= 4 is 118 Å². The van der Waals surface area contributed by atoms with Crippen LogP contribution in [0.4, 0.5) is 0 Å². The van der Waals surface area contributed by atoms with Crippen molar-refractivity contribution in [3.05, 3.63) is 333 Å². The van der Waals surface area contributed by atoms with Gasteiger partial charge in [0.15, 0.2) is 0 Å². The molecular weight excluding hydrogens is 1200 g/mol. The Hall–Kier alpha value is -12.4. The van der Waals surface area contributed by atoms with E-state index in [1.165, 1.54) is 73.6 Å². The third-order valence-corrected chi connectivity index (χ3v) is 16.1. The number of aryl methyl sites for hydroxylation is 5. The Morgan fingerprint density at radius 1 is 0.260 bits per heavy atom. The summed E-state index contributed by atoms with van der Waals surface area (Å²) in [5.74, 6) is -3.69. The number of ether oxygens (including phenoxy) is 2. The van der Waals surface area contributed by atoms with Gasteiger partial charge in [-0.2, -0.15) is 0 Å². The first kappa shape index (κ1) is 66.5. The molecule has 96 heavy (non-hydrogen) atoms. The molecule has 0 amide bonds. The molecule has 0 bridgehead atoms. The van der Waals surface area contributed by atoms with Crippen LogP contribution in [0.2, 0.25) is 0 Å². The van der Waals surface area contributed by atoms with Gasteiger partial charge in [-0.3, -0.25) is 9.59 Å². The van der Waals surface area contributed by atoms with Gasteiger partial charge in [0.25, 0.3) is 0 Å². The first-order chi connectivity index (χ1) is 46.2. The highest BCUT2D eigenvalue weighted by Crippen LogP contribution is 2.25. The second-order valence-electron chi connectivity index (χ2n) is 23.5. The van der Waals surface area contributed by atoms with Crippen molar-refractivity contribution < 1.29 is 58.4 Å². The van der Waals surface area contributed by atoms with Gasteiger partial charge >= 0.3 is 29.8 Å². The van der Waals surface area contributed by atoms with Crippen molar-refractivity contribution in [1.29, 1.82) is 0 Å². The zero-order valence-electron chi connectivity index (χ0n) is 53.3. The molecule has 14 aromatic rings. The number of aromatic carboxylic acids is 3. The molecule has 0 aliphatic carbocycles. The minimum absolute atomic E-state index is 0.109. The van der Waals surface area contributed by atoms with Crippen LogP contribution in [0.5, 0.6) is 0 Å². The summed E-state index contributed by atoms with van der Waals surface area (Å²) in [6, 6.07) is 79.4. The topological polar surface area (TPSA) is 199 Å². The SMILES string of the molecule is Cc1ccc2cc(C)ccc2c1.Cc1ccc2cc(C=O)ccc2c1.Cc1ccc2cc(COC(=O)c3ccc4cc(C)ccc4c3)ccc2c1.O=C(O)c1ccc2cc(C(=O)O)ccc2c1.O=Cc1ccc2cc(C(=O)OCc3ccc4cc(C(=O)O)ccc4c3)ccc2c1. The highest BCUT2D eigenvalue weighted by Gasteiger charge is 2.13. The molecule has 12 heteroatoms. The number of fused-ring (bicyclic) bond motifs is 7. The Morgan fingerprint density at radius 3 is 0.740 bits per heavy atom. The normalized spacial score (nSPS) is 10.6. The predicted octanol–water partition coefficient (Wildman–Crippen LogP) is 19.5. The number of esters is 2. The van der Waals surface area contributed by atoms with Gasteiger partial charge in [-0.25, -0.2) is 24.0 Å². The number of rotatable bonds is 11. The van der Waals surface area contributed by atoms with Crippen molar-refractivity contribution in [2.45, 2.75) is 47.8 Å². The molecule has 0 saturated heterocycles. The molecule has 0 aromatic heterocycles. The summed E-state index contributed by atoms with van der Waals surface area (Å²) < 4.78 is 11.0. The van der Waals surface area contributed by atoms with Gasteiger partial charge in [0, 0.05) is 11.1 Å². The smallest absolute Gasteiger partial charge is 0.338 e. The Balaban J connectivity index is 0.000000136. The maximum absolute atomic E-state index is 12.4. The van der Waals surface area contributed by atoms with E-state index in [0.29, 0.717) is 27.5 Å². The van der Waals surface area contributed by atoms with Gasteiger partial charge in [-0.15, -0.1) is 0 Å². The van der Waals surface area contributed by atoms with Crippen molar-refractivity contribution in [2.24, 2.45) is 0 Å². The van der Waals surface area contributed by atoms with Crippen LogP contribution in [0.3, 0.4) is 0 Å². The quantitative estimate of drug-likeness (QED) is 0.0819. The number of carbonyl (C=O) groups is 7. The van der Waals surface area contributed by atoms with E-state index in [4.69, 9.17) is 24.8 Å². The summed E-state index contributed by atoms with van der Waals surface area (Å²) in [5.41, 5.74) is 11.1. The highest BCUT2D eigenvalue weighted by molar-refractivity contribution is 6.00. The summed E-state index contributed by atoms with van der Waals surface area (Å²) in [6.45, 7) is 10.8. The maximum Gasteiger partial charge on any atom is 0.338 e. The van der Waals surface area contributed by atoms with E-state index in [2.05, 4.69) is 120 Å².